The second-order valence-electron chi connectivity index (χ2n) is 11.6. The molecule has 7 nitrogen and oxygen atoms in total. The second kappa shape index (κ2) is 9.99. The normalized spacial score (nSPS) is 18.6. The monoisotopic (exact) mass is 545 g/mol. The molecule has 1 saturated carbocycles. The fraction of sp³-hybridized carbons (Fsp3) is 0.519. The van der Waals surface area contributed by atoms with Crippen LogP contribution in [0.2, 0.25) is 25.7 Å². The van der Waals surface area contributed by atoms with Crippen LogP contribution in [0.5, 0.6) is 0 Å². The van der Waals surface area contributed by atoms with Crippen molar-refractivity contribution in [3.63, 3.8) is 0 Å². The fourth-order valence-corrected chi connectivity index (χ4v) is 5.73. The van der Waals surface area contributed by atoms with Gasteiger partial charge in [-0.05, 0) is 50.1 Å². The van der Waals surface area contributed by atoms with Crippen molar-refractivity contribution in [3.05, 3.63) is 53.7 Å². The lowest BCUT2D eigenvalue weighted by Crippen LogP contribution is -2.42. The molecule has 1 aromatic carbocycles. The number of alkyl halides is 3. The van der Waals surface area contributed by atoms with Gasteiger partial charge in [0.15, 0.2) is 0 Å². The van der Waals surface area contributed by atoms with Crippen LogP contribution < -0.4 is 4.90 Å². The van der Waals surface area contributed by atoms with Gasteiger partial charge in [-0.2, -0.15) is 18.3 Å². The van der Waals surface area contributed by atoms with Crippen molar-refractivity contribution in [2.75, 3.05) is 18.1 Å². The average molecular weight is 546 g/mol. The van der Waals surface area contributed by atoms with Crippen LogP contribution in [-0.2, 0) is 17.6 Å². The summed E-state index contributed by atoms with van der Waals surface area (Å²) in [4.78, 5) is 20.1. The lowest BCUT2D eigenvalue weighted by molar-refractivity contribution is -0.137. The number of imidazole rings is 1. The van der Waals surface area contributed by atoms with E-state index in [-0.39, 0.29) is 11.9 Å². The van der Waals surface area contributed by atoms with Gasteiger partial charge in [-0.3, -0.25) is 9.48 Å². The predicted octanol–water partition coefficient (Wildman–Crippen LogP) is 6.57. The zero-order valence-electron chi connectivity index (χ0n) is 22.3. The number of hydrogen-bond acceptors (Lipinski definition) is 4. The van der Waals surface area contributed by atoms with Gasteiger partial charge in [-0.25, -0.2) is 4.98 Å². The van der Waals surface area contributed by atoms with E-state index in [0.29, 0.717) is 42.7 Å². The molecule has 2 aliphatic rings. The Morgan fingerprint density at radius 1 is 1.11 bits per heavy atom. The van der Waals surface area contributed by atoms with Gasteiger partial charge in [0.05, 0.1) is 35.3 Å². The van der Waals surface area contributed by atoms with Crippen molar-refractivity contribution < 1.29 is 22.7 Å². The summed E-state index contributed by atoms with van der Waals surface area (Å²) in [6.07, 6.45) is 2.38. The van der Waals surface area contributed by atoms with Gasteiger partial charge in [-0.15, -0.1) is 0 Å². The molecule has 204 valence electrons. The molecule has 0 radical (unpaired) electrons. The Morgan fingerprint density at radius 3 is 2.42 bits per heavy atom. The minimum Gasteiger partial charge on any atom is -0.361 e. The van der Waals surface area contributed by atoms with Crippen molar-refractivity contribution >= 4 is 19.7 Å². The van der Waals surface area contributed by atoms with Crippen molar-refractivity contribution in [1.82, 2.24) is 19.3 Å². The predicted molar refractivity (Wildman–Crippen MR) is 142 cm³/mol. The van der Waals surface area contributed by atoms with Gasteiger partial charge in [0.1, 0.15) is 18.2 Å². The topological polar surface area (TPSA) is 65.2 Å². The number of fused-ring (bicyclic) bond motifs is 1. The molecule has 1 atom stereocenters. The van der Waals surface area contributed by atoms with Crippen molar-refractivity contribution in [3.8, 4) is 11.3 Å². The largest absolute Gasteiger partial charge is 0.416 e. The SMILES string of the molecule is C[C@H]1CN(c2ccc(C(F)(F)F)cc2)C(=O)c2c(-c3cnc(C4CCC4)n3COCC[Si](C)(C)C)cnn21. The van der Waals surface area contributed by atoms with E-state index in [1.165, 1.54) is 23.5 Å². The molecule has 1 fully saturated rings. The highest BCUT2D eigenvalue weighted by molar-refractivity contribution is 6.76. The molecule has 2 aromatic heterocycles. The van der Waals surface area contributed by atoms with E-state index in [4.69, 9.17) is 9.72 Å². The number of rotatable bonds is 8. The molecule has 11 heteroatoms. The van der Waals surface area contributed by atoms with Crippen molar-refractivity contribution in [2.24, 2.45) is 0 Å². The Bertz CT molecular complexity index is 1310. The first-order chi connectivity index (χ1) is 17.9. The van der Waals surface area contributed by atoms with Crippen LogP contribution in [0.3, 0.4) is 0 Å². The average Bonchev–Trinajstić information content (AvgIpc) is 3.42. The first kappa shape index (κ1) is 26.7. The van der Waals surface area contributed by atoms with Crippen LogP contribution in [0.25, 0.3) is 11.3 Å². The van der Waals surface area contributed by atoms with Crippen LogP contribution >= 0.6 is 0 Å². The molecule has 0 saturated heterocycles. The number of amides is 1. The van der Waals surface area contributed by atoms with E-state index in [0.717, 1.165) is 42.5 Å². The van der Waals surface area contributed by atoms with E-state index >= 15 is 0 Å². The number of hydrogen-bond donors (Lipinski definition) is 0. The maximum Gasteiger partial charge on any atom is 0.416 e. The maximum absolute atomic E-state index is 13.8. The third-order valence-corrected chi connectivity index (χ3v) is 9.17. The number of aromatic nitrogens is 4. The van der Waals surface area contributed by atoms with Crippen LogP contribution in [0.1, 0.15) is 60.0 Å². The summed E-state index contributed by atoms with van der Waals surface area (Å²) in [5.41, 5.74) is 1.52. The first-order valence-corrected chi connectivity index (χ1v) is 16.8. The lowest BCUT2D eigenvalue weighted by atomic mass is 9.85. The van der Waals surface area contributed by atoms with Crippen LogP contribution in [0, 0.1) is 0 Å². The summed E-state index contributed by atoms with van der Waals surface area (Å²) in [6, 6.07) is 5.62. The number of halogens is 3. The Kier molecular flexibility index (Phi) is 7.02. The molecule has 0 N–H and O–H groups in total. The van der Waals surface area contributed by atoms with Gasteiger partial charge in [0.2, 0.25) is 0 Å². The molecule has 1 amide bonds. The third-order valence-electron chi connectivity index (χ3n) is 7.46. The van der Waals surface area contributed by atoms with Crippen molar-refractivity contribution in [1.29, 1.82) is 0 Å². The summed E-state index contributed by atoms with van der Waals surface area (Å²) < 4.78 is 49.2. The molecule has 3 heterocycles. The first-order valence-electron chi connectivity index (χ1n) is 13.1. The Hall–Kier alpha value is -2.92. The second-order valence-corrected chi connectivity index (χ2v) is 17.2. The summed E-state index contributed by atoms with van der Waals surface area (Å²) in [7, 11) is -1.24. The van der Waals surface area contributed by atoms with Gasteiger partial charge in [0.25, 0.3) is 5.91 Å². The zero-order chi connectivity index (χ0) is 27.2. The van der Waals surface area contributed by atoms with E-state index in [9.17, 15) is 18.0 Å². The van der Waals surface area contributed by atoms with Gasteiger partial charge in [0, 0.05) is 32.8 Å². The number of carbonyl (C=O) groups is 1. The number of nitrogens with zero attached hydrogens (tertiary/aromatic N) is 5. The van der Waals surface area contributed by atoms with Crippen LogP contribution in [-0.4, -0.2) is 46.5 Å². The Morgan fingerprint density at radius 2 is 1.82 bits per heavy atom. The molecule has 1 aliphatic heterocycles. The Balaban J connectivity index is 1.47. The molecule has 5 rings (SSSR count). The highest BCUT2D eigenvalue weighted by Crippen LogP contribution is 2.39. The van der Waals surface area contributed by atoms with Crippen molar-refractivity contribution in [2.45, 2.75) is 76.7 Å². The third kappa shape index (κ3) is 5.18. The summed E-state index contributed by atoms with van der Waals surface area (Å²) in [5.74, 6) is 1.04. The minimum absolute atomic E-state index is 0.158. The van der Waals surface area contributed by atoms with Crippen LogP contribution in [0.15, 0.2) is 36.7 Å². The summed E-state index contributed by atoms with van der Waals surface area (Å²) in [5, 5.41) is 4.54. The molecule has 3 aromatic rings. The molecule has 1 aliphatic carbocycles. The molecule has 0 bridgehead atoms. The summed E-state index contributed by atoms with van der Waals surface area (Å²) in [6.45, 7) is 10.2. The Labute approximate surface area is 221 Å². The van der Waals surface area contributed by atoms with Crippen LogP contribution in [0.4, 0.5) is 18.9 Å². The highest BCUT2D eigenvalue weighted by Gasteiger charge is 2.36. The molecular formula is C27H34F3N5O2Si. The minimum atomic E-state index is -4.43. The molecule has 0 unspecified atom stereocenters. The van der Waals surface area contributed by atoms with E-state index in [1.54, 1.807) is 17.1 Å². The number of carbonyl (C=O) groups excluding carboxylic acids is 1. The quantitative estimate of drug-likeness (QED) is 0.237. The smallest absolute Gasteiger partial charge is 0.361 e. The highest BCUT2D eigenvalue weighted by atomic mass is 28.3. The molecule has 38 heavy (non-hydrogen) atoms. The molecule has 0 spiro atoms. The van der Waals surface area contributed by atoms with Gasteiger partial charge < -0.3 is 14.2 Å². The zero-order valence-corrected chi connectivity index (χ0v) is 23.3. The van der Waals surface area contributed by atoms with Gasteiger partial charge >= 0.3 is 6.18 Å². The number of benzene rings is 1. The van der Waals surface area contributed by atoms with Gasteiger partial charge in [-0.1, -0.05) is 26.1 Å². The number of anilines is 1. The maximum atomic E-state index is 13.8. The molecular weight excluding hydrogens is 511 g/mol. The fourth-order valence-electron chi connectivity index (χ4n) is 4.97. The number of ether oxygens (including phenoxy) is 1. The summed E-state index contributed by atoms with van der Waals surface area (Å²) >= 11 is 0. The standard InChI is InChI=1S/C27H34F3N5O2Si/c1-18-16-33(21-10-8-20(9-11-21)27(28,29)30)26(36)24-22(14-32-35(18)24)23-15-31-25(19-6-5-7-19)34(23)17-37-12-13-38(2,3)4/h8-11,14-15,18-19H,5-7,12-13,16-17H2,1-4H3/t18-/m0/s1. The van der Waals surface area contributed by atoms with E-state index in [1.807, 2.05) is 6.92 Å². The van der Waals surface area contributed by atoms with E-state index in [2.05, 4.69) is 29.3 Å². The van der Waals surface area contributed by atoms with E-state index < -0.39 is 19.8 Å². The lowest BCUT2D eigenvalue weighted by Gasteiger charge is -2.32.